The van der Waals surface area contributed by atoms with Crippen LogP contribution in [0.25, 0.3) is 0 Å². The van der Waals surface area contributed by atoms with Crippen molar-refractivity contribution in [1.29, 1.82) is 0 Å². The van der Waals surface area contributed by atoms with E-state index in [0.717, 1.165) is 30.5 Å². The molecule has 0 bridgehead atoms. The van der Waals surface area contributed by atoms with Gasteiger partial charge in [-0.3, -0.25) is 4.79 Å². The molecule has 0 radical (unpaired) electrons. The number of fused-ring (bicyclic) bond motifs is 1. The second kappa shape index (κ2) is 6.78. The molecule has 0 fully saturated rings. The maximum atomic E-state index is 12.7. The molecule has 0 saturated carbocycles. The summed E-state index contributed by atoms with van der Waals surface area (Å²) in [5.74, 6) is 0.0328. The van der Waals surface area contributed by atoms with Crippen molar-refractivity contribution >= 4 is 11.6 Å². The van der Waals surface area contributed by atoms with Gasteiger partial charge in [0.15, 0.2) is 0 Å². The van der Waals surface area contributed by atoms with Crippen LogP contribution in [0.3, 0.4) is 0 Å². The molecular weight excluding hydrogens is 270 g/mol. The lowest BCUT2D eigenvalue weighted by Gasteiger charge is -2.17. The zero-order valence-corrected chi connectivity index (χ0v) is 13.1. The third-order valence-corrected chi connectivity index (χ3v) is 4.46. The van der Waals surface area contributed by atoms with Gasteiger partial charge in [0.1, 0.15) is 0 Å². The number of hydrogen-bond donors (Lipinski definition) is 1. The molecule has 0 aromatic heterocycles. The summed E-state index contributed by atoms with van der Waals surface area (Å²) >= 11 is 0. The number of carbonyl (C=O) groups is 1. The summed E-state index contributed by atoms with van der Waals surface area (Å²) < 4.78 is 0. The molecule has 0 aliphatic heterocycles. The minimum Gasteiger partial charge on any atom is -0.326 e. The summed E-state index contributed by atoms with van der Waals surface area (Å²) in [5, 5.41) is 3.12. The first kappa shape index (κ1) is 14.8. The molecule has 0 saturated heterocycles. The maximum Gasteiger partial charge on any atom is 0.231 e. The second-order valence-corrected chi connectivity index (χ2v) is 6.08. The number of hydrogen-bond acceptors (Lipinski definition) is 1. The fraction of sp³-hybridized carbons (Fsp3) is 0.350. The van der Waals surface area contributed by atoms with E-state index < -0.39 is 0 Å². The van der Waals surface area contributed by atoms with E-state index in [4.69, 9.17) is 0 Å². The highest BCUT2D eigenvalue weighted by molar-refractivity contribution is 5.96. The largest absolute Gasteiger partial charge is 0.326 e. The van der Waals surface area contributed by atoms with Crippen molar-refractivity contribution in [2.24, 2.45) is 0 Å². The zero-order valence-electron chi connectivity index (χ0n) is 13.1. The van der Waals surface area contributed by atoms with Crippen molar-refractivity contribution in [1.82, 2.24) is 0 Å². The average molecular weight is 293 g/mol. The SMILES string of the molecule is CCC[C@@H](C(=O)Nc1ccc2c(c1)CCC2)c1ccccc1. The van der Waals surface area contributed by atoms with Gasteiger partial charge in [-0.1, -0.05) is 49.7 Å². The highest BCUT2D eigenvalue weighted by Crippen LogP contribution is 2.27. The van der Waals surface area contributed by atoms with Crippen LogP contribution in [-0.4, -0.2) is 5.91 Å². The standard InChI is InChI=1S/C20H23NO/c1-2-7-19(16-8-4-3-5-9-16)20(22)21-18-13-12-15-10-6-11-17(15)14-18/h3-5,8-9,12-14,19H,2,6-7,10-11H2,1H3,(H,21,22)/t19-/m1/s1. The summed E-state index contributed by atoms with van der Waals surface area (Å²) in [5.41, 5.74) is 4.86. The Bertz CT molecular complexity index is 648. The smallest absolute Gasteiger partial charge is 0.231 e. The maximum absolute atomic E-state index is 12.7. The lowest BCUT2D eigenvalue weighted by atomic mass is 9.93. The van der Waals surface area contributed by atoms with E-state index in [1.807, 2.05) is 36.4 Å². The fourth-order valence-electron chi connectivity index (χ4n) is 3.30. The zero-order chi connectivity index (χ0) is 15.4. The molecule has 0 heterocycles. The van der Waals surface area contributed by atoms with E-state index in [9.17, 15) is 4.79 Å². The van der Waals surface area contributed by atoms with Crippen molar-refractivity contribution in [3.8, 4) is 0 Å². The molecule has 0 unspecified atom stereocenters. The number of rotatable bonds is 5. The molecular formula is C20H23NO. The van der Waals surface area contributed by atoms with Gasteiger partial charge < -0.3 is 5.32 Å². The minimum atomic E-state index is -0.0699. The van der Waals surface area contributed by atoms with Gasteiger partial charge in [0.25, 0.3) is 0 Å². The first-order valence-corrected chi connectivity index (χ1v) is 8.25. The number of amides is 1. The van der Waals surface area contributed by atoms with Gasteiger partial charge in [-0.05, 0) is 54.5 Å². The first-order chi connectivity index (χ1) is 10.8. The molecule has 2 heteroatoms. The Morgan fingerprint density at radius 3 is 2.64 bits per heavy atom. The van der Waals surface area contributed by atoms with Gasteiger partial charge >= 0.3 is 0 Å². The van der Waals surface area contributed by atoms with E-state index >= 15 is 0 Å². The van der Waals surface area contributed by atoms with E-state index in [1.54, 1.807) is 0 Å². The Morgan fingerprint density at radius 2 is 1.86 bits per heavy atom. The Morgan fingerprint density at radius 1 is 1.09 bits per heavy atom. The topological polar surface area (TPSA) is 29.1 Å². The Kier molecular flexibility index (Phi) is 4.57. The summed E-state index contributed by atoms with van der Waals surface area (Å²) in [4.78, 5) is 12.7. The van der Waals surface area contributed by atoms with Crippen LogP contribution in [0, 0.1) is 0 Å². The lowest BCUT2D eigenvalue weighted by molar-refractivity contribution is -0.117. The first-order valence-electron chi connectivity index (χ1n) is 8.25. The molecule has 1 amide bonds. The van der Waals surface area contributed by atoms with Crippen molar-refractivity contribution in [3.05, 3.63) is 65.2 Å². The summed E-state index contributed by atoms with van der Waals surface area (Å²) in [6, 6.07) is 16.4. The normalized spacial score (nSPS) is 14.4. The van der Waals surface area contributed by atoms with Crippen molar-refractivity contribution in [3.63, 3.8) is 0 Å². The van der Waals surface area contributed by atoms with Crippen LogP contribution in [0.15, 0.2) is 48.5 Å². The predicted octanol–water partition coefficient (Wildman–Crippen LogP) is 4.70. The molecule has 2 aromatic rings. The van der Waals surface area contributed by atoms with Crippen LogP contribution in [0.4, 0.5) is 5.69 Å². The molecule has 1 aliphatic rings. The average Bonchev–Trinajstić information content (AvgIpc) is 3.01. The van der Waals surface area contributed by atoms with E-state index in [2.05, 4.69) is 24.4 Å². The van der Waals surface area contributed by atoms with Crippen molar-refractivity contribution in [2.45, 2.75) is 44.9 Å². The summed E-state index contributed by atoms with van der Waals surface area (Å²) in [7, 11) is 0. The quantitative estimate of drug-likeness (QED) is 0.850. The molecule has 114 valence electrons. The minimum absolute atomic E-state index is 0.0699. The number of benzene rings is 2. The highest BCUT2D eigenvalue weighted by atomic mass is 16.1. The number of nitrogens with one attached hydrogen (secondary N) is 1. The van der Waals surface area contributed by atoms with Crippen LogP contribution in [0.2, 0.25) is 0 Å². The highest BCUT2D eigenvalue weighted by Gasteiger charge is 2.20. The van der Waals surface area contributed by atoms with Crippen molar-refractivity contribution in [2.75, 3.05) is 5.32 Å². The monoisotopic (exact) mass is 293 g/mol. The van der Waals surface area contributed by atoms with Crippen LogP contribution in [-0.2, 0) is 17.6 Å². The summed E-state index contributed by atoms with van der Waals surface area (Å²) in [6.07, 6.45) is 5.41. The Labute approximate surface area is 132 Å². The second-order valence-electron chi connectivity index (χ2n) is 6.08. The van der Waals surface area contributed by atoms with E-state index in [1.165, 1.54) is 24.0 Å². The molecule has 2 aromatic carbocycles. The number of carbonyl (C=O) groups excluding carboxylic acids is 1. The molecule has 3 rings (SSSR count). The Hall–Kier alpha value is -2.09. The third kappa shape index (κ3) is 3.22. The van der Waals surface area contributed by atoms with Crippen molar-refractivity contribution < 1.29 is 4.79 Å². The van der Waals surface area contributed by atoms with Crippen LogP contribution in [0.1, 0.15) is 48.8 Å². The van der Waals surface area contributed by atoms with Crippen LogP contribution in [0.5, 0.6) is 0 Å². The Balaban J connectivity index is 1.76. The van der Waals surface area contributed by atoms with E-state index in [0.29, 0.717) is 0 Å². The van der Waals surface area contributed by atoms with Crippen LogP contribution < -0.4 is 5.32 Å². The molecule has 2 nitrogen and oxygen atoms in total. The van der Waals surface area contributed by atoms with Gasteiger partial charge in [0, 0.05) is 5.69 Å². The molecule has 1 atom stereocenters. The van der Waals surface area contributed by atoms with Gasteiger partial charge in [0.05, 0.1) is 5.92 Å². The molecule has 1 aliphatic carbocycles. The number of aryl methyl sites for hydroxylation is 2. The lowest BCUT2D eigenvalue weighted by Crippen LogP contribution is -2.21. The third-order valence-electron chi connectivity index (χ3n) is 4.46. The molecule has 22 heavy (non-hydrogen) atoms. The van der Waals surface area contributed by atoms with E-state index in [-0.39, 0.29) is 11.8 Å². The fourth-order valence-corrected chi connectivity index (χ4v) is 3.30. The molecule has 1 N–H and O–H groups in total. The molecule has 0 spiro atoms. The number of anilines is 1. The van der Waals surface area contributed by atoms with Gasteiger partial charge in [-0.25, -0.2) is 0 Å². The predicted molar refractivity (Wildman–Crippen MR) is 91.2 cm³/mol. The van der Waals surface area contributed by atoms with Crippen LogP contribution >= 0.6 is 0 Å². The van der Waals surface area contributed by atoms with Gasteiger partial charge in [0.2, 0.25) is 5.91 Å². The summed E-state index contributed by atoms with van der Waals surface area (Å²) in [6.45, 7) is 2.12. The van der Waals surface area contributed by atoms with Gasteiger partial charge in [-0.15, -0.1) is 0 Å². The van der Waals surface area contributed by atoms with Gasteiger partial charge in [-0.2, -0.15) is 0 Å².